The van der Waals surface area contributed by atoms with Gasteiger partial charge in [-0.15, -0.1) is 0 Å². The monoisotopic (exact) mass is 674 g/mol. The van der Waals surface area contributed by atoms with Crippen LogP contribution in [0.15, 0.2) is 54.6 Å². The van der Waals surface area contributed by atoms with E-state index in [-0.39, 0.29) is 28.5 Å². The SMILES string of the molecule is COC(=O)c1ccc2c(nc3n2C[C@H]2[C@@H]3[C@H](c3cccc(Cl)c3F)[C@](C)(C(=O)Nc3cccc(Cl)c3)N2CC2CC2)c1C(F)(F)F. The van der Waals surface area contributed by atoms with Crippen LogP contribution in [-0.4, -0.2) is 51.6 Å². The number of hydrogen-bond acceptors (Lipinski definition) is 5. The molecule has 2 fully saturated rings. The van der Waals surface area contributed by atoms with E-state index in [0.717, 1.165) is 26.0 Å². The van der Waals surface area contributed by atoms with Gasteiger partial charge in [0.1, 0.15) is 22.7 Å². The first-order valence-electron chi connectivity index (χ1n) is 14.8. The van der Waals surface area contributed by atoms with E-state index < -0.39 is 63.9 Å². The summed E-state index contributed by atoms with van der Waals surface area (Å²) in [5, 5.41) is 3.25. The summed E-state index contributed by atoms with van der Waals surface area (Å²) in [6.45, 7) is 2.49. The number of amides is 1. The van der Waals surface area contributed by atoms with Gasteiger partial charge in [0.25, 0.3) is 0 Å². The molecule has 13 heteroatoms. The highest BCUT2D eigenvalue weighted by Crippen LogP contribution is 2.59. The Bertz CT molecular complexity index is 1910. The van der Waals surface area contributed by atoms with Gasteiger partial charge in [-0.2, -0.15) is 13.2 Å². The van der Waals surface area contributed by atoms with Crippen LogP contribution in [0.4, 0.5) is 23.2 Å². The average Bonchev–Trinajstić information content (AvgIpc) is 3.60. The van der Waals surface area contributed by atoms with Crippen LogP contribution < -0.4 is 5.32 Å². The third kappa shape index (κ3) is 4.77. The second-order valence-electron chi connectivity index (χ2n) is 12.3. The van der Waals surface area contributed by atoms with Crippen molar-refractivity contribution in [2.24, 2.45) is 5.92 Å². The van der Waals surface area contributed by atoms with Crippen LogP contribution in [0.5, 0.6) is 0 Å². The van der Waals surface area contributed by atoms with Gasteiger partial charge in [-0.3, -0.25) is 9.69 Å². The van der Waals surface area contributed by atoms with E-state index in [4.69, 9.17) is 23.2 Å². The van der Waals surface area contributed by atoms with Crippen molar-refractivity contribution in [2.75, 3.05) is 19.0 Å². The number of alkyl halides is 3. The smallest absolute Gasteiger partial charge is 0.419 e. The minimum absolute atomic E-state index is 0.138. The zero-order chi connectivity index (χ0) is 32.7. The van der Waals surface area contributed by atoms with Gasteiger partial charge in [0.15, 0.2) is 0 Å². The molecule has 3 aliphatic rings. The number of nitrogens with one attached hydrogen (secondary N) is 1. The highest BCUT2D eigenvalue weighted by Gasteiger charge is 2.65. The van der Waals surface area contributed by atoms with E-state index >= 15 is 4.39 Å². The topological polar surface area (TPSA) is 76.5 Å². The van der Waals surface area contributed by atoms with Crippen molar-refractivity contribution in [1.82, 2.24) is 14.5 Å². The van der Waals surface area contributed by atoms with Gasteiger partial charge in [-0.1, -0.05) is 41.4 Å². The summed E-state index contributed by atoms with van der Waals surface area (Å²) in [6.07, 6.45) is -2.99. The van der Waals surface area contributed by atoms with Crippen LogP contribution in [0, 0.1) is 11.7 Å². The quantitative estimate of drug-likeness (QED) is 0.168. The summed E-state index contributed by atoms with van der Waals surface area (Å²) in [7, 11) is 1.01. The normalized spacial score (nSPS) is 24.2. The van der Waals surface area contributed by atoms with Crippen LogP contribution >= 0.6 is 23.2 Å². The molecule has 7 rings (SSSR count). The molecule has 1 aromatic heterocycles. The van der Waals surface area contributed by atoms with Gasteiger partial charge in [0.2, 0.25) is 5.91 Å². The number of anilines is 1. The third-order valence-corrected chi connectivity index (χ3v) is 10.2. The lowest BCUT2D eigenvalue weighted by Crippen LogP contribution is -2.56. The second kappa shape index (κ2) is 11.0. The number of rotatable bonds is 6. The number of hydrogen-bond donors (Lipinski definition) is 1. The molecule has 4 aromatic rings. The molecule has 0 bridgehead atoms. The molecular formula is C33H28Cl2F4N4O3. The van der Waals surface area contributed by atoms with Crippen LogP contribution in [0.2, 0.25) is 10.0 Å². The molecule has 240 valence electrons. The minimum atomic E-state index is -4.92. The Hall–Kier alpha value is -3.67. The molecule has 1 saturated heterocycles. The van der Waals surface area contributed by atoms with Crippen LogP contribution in [0.3, 0.4) is 0 Å². The average molecular weight is 676 g/mol. The van der Waals surface area contributed by atoms with Gasteiger partial charge in [0.05, 0.1) is 28.8 Å². The molecule has 1 saturated carbocycles. The Kier molecular flexibility index (Phi) is 7.37. The number of nitrogens with zero attached hydrogens (tertiary/aromatic N) is 3. The molecule has 3 aromatic carbocycles. The molecule has 4 atom stereocenters. The van der Waals surface area contributed by atoms with Crippen LogP contribution in [0.1, 0.15) is 58.9 Å². The fourth-order valence-electron chi connectivity index (χ4n) is 7.49. The molecule has 1 N–H and O–H groups in total. The van der Waals surface area contributed by atoms with Gasteiger partial charge < -0.3 is 14.6 Å². The molecular weight excluding hydrogens is 647 g/mol. The number of carbonyl (C=O) groups excluding carboxylic acids is 2. The van der Waals surface area contributed by atoms with E-state index in [1.54, 1.807) is 47.9 Å². The number of imidazole rings is 1. The fourth-order valence-corrected chi connectivity index (χ4v) is 7.86. The molecule has 1 aliphatic carbocycles. The highest BCUT2D eigenvalue weighted by atomic mass is 35.5. The van der Waals surface area contributed by atoms with E-state index in [1.165, 1.54) is 12.1 Å². The zero-order valence-corrected chi connectivity index (χ0v) is 26.2. The molecule has 0 spiro atoms. The number of likely N-dealkylation sites (tertiary alicyclic amines) is 1. The summed E-state index contributed by atoms with van der Waals surface area (Å²) in [4.78, 5) is 33.6. The Balaban J connectivity index is 1.45. The van der Waals surface area contributed by atoms with E-state index in [1.807, 2.05) is 0 Å². The summed E-state index contributed by atoms with van der Waals surface area (Å²) in [5.74, 6) is -3.27. The van der Waals surface area contributed by atoms with Gasteiger partial charge >= 0.3 is 12.1 Å². The van der Waals surface area contributed by atoms with Crippen molar-refractivity contribution >= 4 is 51.8 Å². The van der Waals surface area contributed by atoms with Crippen LogP contribution in [-0.2, 0) is 22.3 Å². The maximum absolute atomic E-state index is 16.1. The number of methoxy groups -OCH3 is 1. The first-order valence-corrected chi connectivity index (χ1v) is 15.6. The molecule has 0 radical (unpaired) electrons. The maximum Gasteiger partial charge on any atom is 0.419 e. The lowest BCUT2D eigenvalue weighted by Gasteiger charge is -2.40. The lowest BCUT2D eigenvalue weighted by molar-refractivity contribution is -0.137. The number of ether oxygens (including phenoxy) is 1. The Morgan fingerprint density at radius 2 is 1.85 bits per heavy atom. The Labute approximate surface area is 271 Å². The third-order valence-electron chi connectivity index (χ3n) is 9.69. The fraction of sp³-hybridized carbons (Fsp3) is 0.364. The number of halogens is 6. The summed E-state index contributed by atoms with van der Waals surface area (Å²) in [6, 6.07) is 13.4. The molecule has 0 unspecified atom stereocenters. The summed E-state index contributed by atoms with van der Waals surface area (Å²) >= 11 is 12.5. The highest BCUT2D eigenvalue weighted by molar-refractivity contribution is 6.31. The van der Waals surface area contributed by atoms with Crippen molar-refractivity contribution in [3.05, 3.63) is 93.0 Å². The van der Waals surface area contributed by atoms with Gasteiger partial charge in [-0.25, -0.2) is 14.2 Å². The zero-order valence-electron chi connectivity index (χ0n) is 24.7. The van der Waals surface area contributed by atoms with Crippen molar-refractivity contribution in [1.29, 1.82) is 0 Å². The first kappa shape index (κ1) is 31.0. The predicted octanol–water partition coefficient (Wildman–Crippen LogP) is 7.66. The van der Waals surface area contributed by atoms with Gasteiger partial charge in [-0.05, 0) is 67.6 Å². The Morgan fingerprint density at radius 1 is 1.11 bits per heavy atom. The number of benzene rings is 3. The molecule has 1 amide bonds. The molecule has 2 aliphatic heterocycles. The largest absolute Gasteiger partial charge is 0.465 e. The molecule has 7 nitrogen and oxygen atoms in total. The summed E-state index contributed by atoms with van der Waals surface area (Å²) < 4.78 is 66.0. The Morgan fingerprint density at radius 3 is 2.52 bits per heavy atom. The van der Waals surface area contributed by atoms with E-state index in [2.05, 4.69) is 19.9 Å². The lowest BCUT2D eigenvalue weighted by atomic mass is 9.74. The number of aromatic nitrogens is 2. The molecule has 46 heavy (non-hydrogen) atoms. The van der Waals surface area contributed by atoms with E-state index in [0.29, 0.717) is 23.2 Å². The number of esters is 1. The van der Waals surface area contributed by atoms with Crippen molar-refractivity contribution in [3.8, 4) is 0 Å². The van der Waals surface area contributed by atoms with Crippen molar-refractivity contribution in [2.45, 2.75) is 55.9 Å². The number of fused-ring (bicyclic) bond motifs is 5. The second-order valence-corrected chi connectivity index (χ2v) is 13.2. The van der Waals surface area contributed by atoms with Crippen molar-refractivity contribution in [3.63, 3.8) is 0 Å². The van der Waals surface area contributed by atoms with Crippen LogP contribution in [0.25, 0.3) is 11.0 Å². The maximum atomic E-state index is 16.1. The minimum Gasteiger partial charge on any atom is -0.465 e. The van der Waals surface area contributed by atoms with Crippen molar-refractivity contribution < 1.29 is 31.9 Å². The van der Waals surface area contributed by atoms with E-state index in [9.17, 15) is 22.8 Å². The first-order chi connectivity index (χ1) is 21.8. The molecule has 3 heterocycles. The standard InChI is InChI=1S/C33H28Cl2F4N4O3/c1-32(31(45)40-18-6-3-5-17(34)13-18)25(19-7-4-8-21(35)27(19)36)24-23(43(32)14-16-9-10-16)15-42-22-12-11-20(30(44)46-2)26(33(37,38)39)28(22)41-29(24)42/h3-8,11-13,16,23-25H,9-10,14-15H2,1-2H3,(H,40,45)/t23-,24+,25-,32+/m0/s1. The number of carbonyl (C=O) groups is 2. The summed E-state index contributed by atoms with van der Waals surface area (Å²) in [5.41, 5.74) is -2.83. The van der Waals surface area contributed by atoms with Gasteiger partial charge in [0, 0.05) is 41.7 Å². The predicted molar refractivity (Wildman–Crippen MR) is 165 cm³/mol.